The number of aromatic nitrogens is 2. The summed E-state index contributed by atoms with van der Waals surface area (Å²) in [6.45, 7) is 0. The molecular weight excluding hydrogens is 707 g/mol. The molecule has 1 unspecified atom stereocenters. The number of rotatable bonds is 5. The molecule has 1 atom stereocenters. The number of furan rings is 1. The Labute approximate surface area is 333 Å². The highest BCUT2D eigenvalue weighted by Gasteiger charge is 2.25. The summed E-state index contributed by atoms with van der Waals surface area (Å²) >= 11 is 0. The predicted octanol–water partition coefficient (Wildman–Crippen LogP) is 14.5. The van der Waals surface area contributed by atoms with Gasteiger partial charge in [0.25, 0.3) is 0 Å². The minimum Gasteiger partial charge on any atom is -0.456 e. The van der Waals surface area contributed by atoms with E-state index in [9.17, 15) is 0 Å². The second-order valence-electron chi connectivity index (χ2n) is 15.6. The fourth-order valence-corrected chi connectivity index (χ4v) is 9.98. The van der Waals surface area contributed by atoms with Crippen molar-refractivity contribution >= 4 is 98.9 Å². The zero-order valence-electron chi connectivity index (χ0n) is 31.5. The zero-order valence-corrected chi connectivity index (χ0v) is 31.5. The molecule has 4 nitrogen and oxygen atoms in total. The number of anilines is 2. The Morgan fingerprint density at radius 1 is 0.448 bits per heavy atom. The maximum atomic E-state index is 6.28. The molecule has 0 amide bonds. The Bertz CT molecular complexity index is 3530. The van der Waals surface area contributed by atoms with E-state index >= 15 is 0 Å². The lowest BCUT2D eigenvalue weighted by Gasteiger charge is -2.34. The number of nitrogens with zero attached hydrogens (tertiary/aromatic N) is 3. The summed E-state index contributed by atoms with van der Waals surface area (Å²) in [6.07, 6.45) is 8.01. The number of hydrogen-bond acceptors (Lipinski definition) is 2. The molecule has 12 aromatic rings. The van der Waals surface area contributed by atoms with Crippen LogP contribution < -0.4 is 4.90 Å². The fraction of sp³-hybridized carbons (Fsp3) is 0.0370. The number of hydrogen-bond donors (Lipinski definition) is 0. The third-order valence-electron chi connectivity index (χ3n) is 12.6. The first-order valence-corrected chi connectivity index (χ1v) is 20.1. The molecular formula is C54H35N3O. The van der Waals surface area contributed by atoms with Gasteiger partial charge in [0.15, 0.2) is 0 Å². The Morgan fingerprint density at radius 3 is 1.60 bits per heavy atom. The molecule has 1 aliphatic carbocycles. The molecule has 272 valence electrons. The SMILES string of the molecule is C1=CC(N(c2ccc(-c3ccc4c(c3)oc3ccccc34)cc2)c2cc3c4ccccc4n4c5ccccc5c(c2)c34)CC=C1n1c2ccccc2c2ccccc21. The van der Waals surface area contributed by atoms with Gasteiger partial charge in [-0.2, -0.15) is 0 Å². The lowest BCUT2D eigenvalue weighted by atomic mass is 9.99. The largest absolute Gasteiger partial charge is 0.456 e. The van der Waals surface area contributed by atoms with Crippen molar-refractivity contribution in [1.82, 2.24) is 8.97 Å². The van der Waals surface area contributed by atoms with Crippen LogP contribution in [0.3, 0.4) is 0 Å². The van der Waals surface area contributed by atoms with E-state index in [4.69, 9.17) is 4.42 Å². The summed E-state index contributed by atoms with van der Waals surface area (Å²) in [6, 6.07) is 64.1. The summed E-state index contributed by atoms with van der Waals surface area (Å²) in [5.74, 6) is 0. The van der Waals surface area contributed by atoms with E-state index in [1.807, 2.05) is 12.1 Å². The van der Waals surface area contributed by atoms with E-state index in [-0.39, 0.29) is 6.04 Å². The van der Waals surface area contributed by atoms with E-state index in [0.29, 0.717) is 0 Å². The average molecular weight is 742 g/mol. The first-order chi connectivity index (χ1) is 28.8. The first kappa shape index (κ1) is 31.6. The molecule has 8 aromatic carbocycles. The Balaban J connectivity index is 0.967. The standard InChI is InChI=1S/C54H35N3O/c1-6-16-48-40(11-1)41-12-2-7-17-49(41)56(48)38-28-26-37(27-29-38)55(36-24-21-34(22-25-36)35-23-30-45-44-15-5-10-20-52(44)58-53(45)31-35)39-32-46-42-13-3-8-18-50(42)57-51-19-9-4-14-43(51)47(33-39)54(46)57/h1-26,28-33,37H,27H2. The molecule has 1 aliphatic rings. The van der Waals surface area contributed by atoms with Crippen molar-refractivity contribution in [2.45, 2.75) is 12.5 Å². The normalized spacial score (nSPS) is 14.7. The molecule has 0 aliphatic heterocycles. The van der Waals surface area contributed by atoms with Crippen LogP contribution in [0.4, 0.5) is 11.4 Å². The van der Waals surface area contributed by atoms with Crippen LogP contribution in [-0.2, 0) is 0 Å². The quantitative estimate of drug-likeness (QED) is 0.176. The maximum Gasteiger partial charge on any atom is 0.136 e. The molecule has 0 spiro atoms. The monoisotopic (exact) mass is 741 g/mol. The van der Waals surface area contributed by atoms with Crippen molar-refractivity contribution in [3.05, 3.63) is 194 Å². The minimum atomic E-state index is 0.0873. The van der Waals surface area contributed by atoms with Gasteiger partial charge in [0.1, 0.15) is 11.2 Å². The topological polar surface area (TPSA) is 25.7 Å². The minimum absolute atomic E-state index is 0.0873. The second kappa shape index (κ2) is 12.0. The van der Waals surface area contributed by atoms with Crippen LogP contribution in [0.5, 0.6) is 0 Å². The molecule has 0 fully saturated rings. The first-order valence-electron chi connectivity index (χ1n) is 20.1. The van der Waals surface area contributed by atoms with Crippen molar-refractivity contribution in [2.24, 2.45) is 0 Å². The zero-order chi connectivity index (χ0) is 37.9. The van der Waals surface area contributed by atoms with Crippen LogP contribution in [-0.4, -0.2) is 15.0 Å². The average Bonchev–Trinajstić information content (AvgIpc) is 4.02. The van der Waals surface area contributed by atoms with Gasteiger partial charge in [0.05, 0.1) is 33.6 Å². The van der Waals surface area contributed by atoms with Crippen molar-refractivity contribution in [2.75, 3.05) is 4.90 Å². The van der Waals surface area contributed by atoms with Gasteiger partial charge in [-0.15, -0.1) is 0 Å². The van der Waals surface area contributed by atoms with E-state index in [1.165, 1.54) is 71.3 Å². The van der Waals surface area contributed by atoms with Crippen LogP contribution in [0.2, 0.25) is 0 Å². The van der Waals surface area contributed by atoms with Gasteiger partial charge in [0, 0.05) is 60.2 Å². The molecule has 0 radical (unpaired) electrons. The molecule has 4 heterocycles. The van der Waals surface area contributed by atoms with Gasteiger partial charge in [0.2, 0.25) is 0 Å². The molecule has 4 aromatic heterocycles. The summed E-state index contributed by atoms with van der Waals surface area (Å²) < 4.78 is 11.2. The third-order valence-corrected chi connectivity index (χ3v) is 12.6. The molecule has 0 saturated carbocycles. The molecule has 13 rings (SSSR count). The number of benzene rings is 8. The Hall–Kier alpha value is -7.56. The van der Waals surface area contributed by atoms with E-state index < -0.39 is 0 Å². The maximum absolute atomic E-state index is 6.28. The number of allylic oxidation sites excluding steroid dienone is 2. The van der Waals surface area contributed by atoms with Crippen LogP contribution in [0.15, 0.2) is 199 Å². The van der Waals surface area contributed by atoms with Crippen molar-refractivity contribution < 1.29 is 4.42 Å². The van der Waals surface area contributed by atoms with E-state index in [1.54, 1.807) is 0 Å². The van der Waals surface area contributed by atoms with Crippen LogP contribution in [0.1, 0.15) is 6.42 Å². The van der Waals surface area contributed by atoms with Crippen molar-refractivity contribution in [3.8, 4) is 11.1 Å². The van der Waals surface area contributed by atoms with Crippen molar-refractivity contribution in [3.63, 3.8) is 0 Å². The molecule has 0 N–H and O–H groups in total. The van der Waals surface area contributed by atoms with Gasteiger partial charge >= 0.3 is 0 Å². The Kier molecular flexibility index (Phi) is 6.53. The summed E-state index contributed by atoms with van der Waals surface area (Å²) in [4.78, 5) is 2.55. The third kappa shape index (κ3) is 4.45. The molecule has 58 heavy (non-hydrogen) atoms. The highest BCUT2D eigenvalue weighted by Crippen LogP contribution is 2.44. The second-order valence-corrected chi connectivity index (χ2v) is 15.6. The lowest BCUT2D eigenvalue weighted by Crippen LogP contribution is -2.30. The van der Waals surface area contributed by atoms with Gasteiger partial charge in [-0.05, 0) is 90.4 Å². The van der Waals surface area contributed by atoms with Crippen LogP contribution >= 0.6 is 0 Å². The highest BCUT2D eigenvalue weighted by atomic mass is 16.3. The van der Waals surface area contributed by atoms with Crippen LogP contribution in [0, 0.1) is 0 Å². The lowest BCUT2D eigenvalue weighted by molar-refractivity contribution is 0.669. The van der Waals surface area contributed by atoms with E-state index in [2.05, 4.69) is 196 Å². The summed E-state index contributed by atoms with van der Waals surface area (Å²) in [5, 5.41) is 9.96. The number of fused-ring (bicyclic) bond motifs is 12. The van der Waals surface area contributed by atoms with Gasteiger partial charge in [-0.25, -0.2) is 0 Å². The molecule has 0 saturated heterocycles. The van der Waals surface area contributed by atoms with E-state index in [0.717, 1.165) is 45.2 Å². The van der Waals surface area contributed by atoms with Gasteiger partial charge < -0.3 is 18.3 Å². The number of para-hydroxylation sites is 5. The molecule has 0 bridgehead atoms. The van der Waals surface area contributed by atoms with Crippen molar-refractivity contribution in [1.29, 1.82) is 0 Å². The smallest absolute Gasteiger partial charge is 0.136 e. The van der Waals surface area contributed by atoms with Gasteiger partial charge in [-0.1, -0.05) is 121 Å². The summed E-state index contributed by atoms with van der Waals surface area (Å²) in [5.41, 5.74) is 13.9. The Morgan fingerprint density at radius 2 is 0.983 bits per heavy atom. The summed E-state index contributed by atoms with van der Waals surface area (Å²) in [7, 11) is 0. The predicted molar refractivity (Wildman–Crippen MR) is 244 cm³/mol. The molecule has 4 heteroatoms. The highest BCUT2D eigenvalue weighted by molar-refractivity contribution is 6.24. The van der Waals surface area contributed by atoms with Gasteiger partial charge in [-0.3, -0.25) is 0 Å². The fourth-order valence-electron chi connectivity index (χ4n) is 9.98. The van der Waals surface area contributed by atoms with Crippen LogP contribution in [0.25, 0.3) is 98.7 Å².